The van der Waals surface area contributed by atoms with Gasteiger partial charge in [0.1, 0.15) is 17.7 Å². The lowest BCUT2D eigenvalue weighted by molar-refractivity contribution is -0.175. The molecule has 0 aliphatic carbocycles. The zero-order valence-corrected chi connectivity index (χ0v) is 28.9. The number of amides is 4. The van der Waals surface area contributed by atoms with Gasteiger partial charge in [-0.05, 0) is 62.8 Å². The van der Waals surface area contributed by atoms with Gasteiger partial charge in [0.05, 0.1) is 6.04 Å². The lowest BCUT2D eigenvalue weighted by Gasteiger charge is -2.31. The van der Waals surface area contributed by atoms with Crippen molar-refractivity contribution in [3.63, 3.8) is 0 Å². The lowest BCUT2D eigenvalue weighted by Crippen LogP contribution is -2.58. The maximum absolute atomic E-state index is 15.3. The van der Waals surface area contributed by atoms with Crippen molar-refractivity contribution in [2.75, 3.05) is 6.54 Å². The summed E-state index contributed by atoms with van der Waals surface area (Å²) in [4.78, 5) is 65.3. The molecule has 1 fully saturated rings. The molecule has 0 saturated carbocycles. The van der Waals surface area contributed by atoms with Gasteiger partial charge >= 0.3 is 18.2 Å². The maximum Gasteiger partial charge on any atom is 0.452 e. The second-order valence-electron chi connectivity index (χ2n) is 13.3. The summed E-state index contributed by atoms with van der Waals surface area (Å²) in [5, 5.41) is 6.74. The van der Waals surface area contributed by atoms with Crippen LogP contribution in [0.15, 0.2) is 48.5 Å². The van der Waals surface area contributed by atoms with Crippen LogP contribution in [0.2, 0.25) is 5.02 Å². The highest BCUT2D eigenvalue weighted by molar-refractivity contribution is 6.30. The number of alkyl carbamates (subject to hydrolysis) is 1. The number of ether oxygens (including phenoxy) is 1. The molecule has 50 heavy (non-hydrogen) atoms. The predicted octanol–water partition coefficient (Wildman–Crippen LogP) is 5.45. The average molecular weight is 731 g/mol. The predicted molar refractivity (Wildman–Crippen MR) is 173 cm³/mol. The first kappa shape index (κ1) is 40.2. The Labute approximate surface area is 291 Å². The highest BCUT2D eigenvalue weighted by Crippen LogP contribution is 2.31. The Morgan fingerprint density at radius 1 is 0.940 bits per heavy atom. The molecule has 2 aromatic carbocycles. The fraction of sp³-hybridized carbons (Fsp3) is 0.500. The van der Waals surface area contributed by atoms with Gasteiger partial charge in [0, 0.05) is 30.1 Å². The van der Waals surface area contributed by atoms with Gasteiger partial charge in [0.15, 0.2) is 0 Å². The number of rotatable bonds is 12. The van der Waals surface area contributed by atoms with Crippen molar-refractivity contribution in [3.05, 3.63) is 70.2 Å². The van der Waals surface area contributed by atoms with Gasteiger partial charge in [0.2, 0.25) is 11.8 Å². The molecule has 16 heteroatoms. The first-order valence-electron chi connectivity index (χ1n) is 15.8. The van der Waals surface area contributed by atoms with E-state index in [1.807, 2.05) is 0 Å². The van der Waals surface area contributed by atoms with E-state index in [2.05, 4.69) is 16.0 Å². The summed E-state index contributed by atoms with van der Waals surface area (Å²) in [6.07, 6.45) is -5.94. The number of carbonyl (C=O) groups excluding carboxylic acids is 5. The van der Waals surface area contributed by atoms with Crippen LogP contribution in [-0.2, 0) is 42.8 Å². The number of carbonyl (C=O) groups is 5. The van der Waals surface area contributed by atoms with Crippen molar-refractivity contribution in [3.8, 4) is 0 Å². The van der Waals surface area contributed by atoms with Gasteiger partial charge in [-0.2, -0.15) is 22.0 Å². The van der Waals surface area contributed by atoms with Crippen molar-refractivity contribution >= 4 is 41.2 Å². The SMILES string of the molecule is CC(C)C(NC(=O)C1CCCN1C(=O)[C@H](Cc1ccc(CNC(=O)OC(C)(C)C)cc1)NC(=O)C(F)(F)c1cccc(Cl)c1)C(=O)C(F)(F)F. The van der Waals surface area contributed by atoms with E-state index in [9.17, 15) is 37.1 Å². The summed E-state index contributed by atoms with van der Waals surface area (Å²) >= 11 is 5.85. The normalized spacial score (nSPS) is 16.4. The molecular formula is C34H40ClF5N4O6. The molecular weight excluding hydrogens is 691 g/mol. The van der Waals surface area contributed by atoms with Gasteiger partial charge in [-0.15, -0.1) is 0 Å². The van der Waals surface area contributed by atoms with Crippen LogP contribution in [0.25, 0.3) is 0 Å². The third-order valence-electron chi connectivity index (χ3n) is 7.74. The van der Waals surface area contributed by atoms with Gasteiger partial charge in [-0.25, -0.2) is 4.79 Å². The Bertz CT molecular complexity index is 1560. The summed E-state index contributed by atoms with van der Waals surface area (Å²) < 4.78 is 75.6. The Morgan fingerprint density at radius 2 is 1.56 bits per heavy atom. The summed E-state index contributed by atoms with van der Waals surface area (Å²) in [5.74, 6) is -11.0. The van der Waals surface area contributed by atoms with E-state index in [4.69, 9.17) is 16.3 Å². The van der Waals surface area contributed by atoms with E-state index in [1.54, 1.807) is 45.0 Å². The molecule has 1 saturated heterocycles. The smallest absolute Gasteiger partial charge is 0.444 e. The number of ketones is 1. The molecule has 4 amide bonds. The van der Waals surface area contributed by atoms with E-state index >= 15 is 8.78 Å². The Kier molecular flexibility index (Phi) is 13.0. The summed E-state index contributed by atoms with van der Waals surface area (Å²) in [6.45, 7) is 7.76. The van der Waals surface area contributed by atoms with E-state index in [-0.39, 0.29) is 37.4 Å². The number of benzene rings is 2. The zero-order chi connectivity index (χ0) is 37.6. The molecule has 1 heterocycles. The second kappa shape index (κ2) is 16.2. The van der Waals surface area contributed by atoms with Crippen LogP contribution in [0.3, 0.4) is 0 Å². The van der Waals surface area contributed by atoms with Gasteiger partial charge < -0.3 is 25.6 Å². The minimum atomic E-state index is -5.22. The highest BCUT2D eigenvalue weighted by atomic mass is 35.5. The minimum absolute atomic E-state index is 0.0152. The topological polar surface area (TPSA) is 134 Å². The monoisotopic (exact) mass is 730 g/mol. The quantitative estimate of drug-likeness (QED) is 0.249. The van der Waals surface area contributed by atoms with Crippen LogP contribution < -0.4 is 16.0 Å². The van der Waals surface area contributed by atoms with Gasteiger partial charge in [-0.1, -0.05) is 61.8 Å². The summed E-state index contributed by atoms with van der Waals surface area (Å²) in [6, 6.07) is 5.86. The number of likely N-dealkylation sites (tertiary alicyclic amines) is 1. The van der Waals surface area contributed by atoms with E-state index in [0.29, 0.717) is 11.1 Å². The highest BCUT2D eigenvalue weighted by Gasteiger charge is 2.47. The molecule has 0 aromatic heterocycles. The van der Waals surface area contributed by atoms with Crippen LogP contribution in [-0.4, -0.2) is 70.9 Å². The number of Topliss-reactive ketones (excluding diaryl/α,β-unsaturated/α-hetero) is 1. The molecule has 3 N–H and O–H groups in total. The van der Waals surface area contributed by atoms with Crippen molar-refractivity contribution in [2.45, 2.75) is 96.3 Å². The van der Waals surface area contributed by atoms with Crippen LogP contribution in [0.1, 0.15) is 64.2 Å². The molecule has 2 aromatic rings. The molecule has 0 bridgehead atoms. The largest absolute Gasteiger partial charge is 0.452 e. The number of hydrogen-bond donors (Lipinski definition) is 3. The molecule has 0 radical (unpaired) electrons. The van der Waals surface area contributed by atoms with E-state index in [0.717, 1.165) is 17.0 Å². The molecule has 3 atom stereocenters. The van der Waals surface area contributed by atoms with Gasteiger partial charge in [-0.3, -0.25) is 19.2 Å². The van der Waals surface area contributed by atoms with Crippen LogP contribution in [0.5, 0.6) is 0 Å². The first-order valence-corrected chi connectivity index (χ1v) is 16.2. The Balaban J connectivity index is 1.86. The van der Waals surface area contributed by atoms with E-state index < -0.39 is 76.9 Å². The number of halogens is 6. The van der Waals surface area contributed by atoms with Crippen molar-refractivity contribution in [2.24, 2.45) is 5.92 Å². The molecule has 2 unspecified atom stereocenters. The van der Waals surface area contributed by atoms with Crippen molar-refractivity contribution < 1.29 is 50.7 Å². The lowest BCUT2D eigenvalue weighted by atomic mass is 9.98. The third-order valence-corrected chi connectivity index (χ3v) is 7.97. The number of alkyl halides is 5. The summed E-state index contributed by atoms with van der Waals surface area (Å²) in [5.41, 5.74) is -0.409. The zero-order valence-electron chi connectivity index (χ0n) is 28.1. The maximum atomic E-state index is 15.3. The fourth-order valence-corrected chi connectivity index (χ4v) is 5.44. The number of nitrogens with one attached hydrogen (secondary N) is 3. The molecule has 10 nitrogen and oxygen atoms in total. The summed E-state index contributed by atoms with van der Waals surface area (Å²) in [7, 11) is 0. The molecule has 0 spiro atoms. The Morgan fingerprint density at radius 3 is 2.12 bits per heavy atom. The van der Waals surface area contributed by atoms with Crippen LogP contribution >= 0.6 is 11.6 Å². The molecule has 1 aliphatic heterocycles. The van der Waals surface area contributed by atoms with Crippen molar-refractivity contribution in [1.29, 1.82) is 0 Å². The van der Waals surface area contributed by atoms with Crippen LogP contribution in [0.4, 0.5) is 26.7 Å². The number of nitrogens with zero attached hydrogens (tertiary/aromatic N) is 1. The molecule has 1 aliphatic rings. The molecule has 274 valence electrons. The van der Waals surface area contributed by atoms with Crippen molar-refractivity contribution in [1.82, 2.24) is 20.9 Å². The standard InChI is InChI=1S/C34H40ClF5N4O6/c1-19(2)26(27(45)34(38,39)40)43-28(46)25-10-7-15-44(25)29(47)24(42-30(48)33(36,37)22-8-6-9-23(35)17-22)16-20-11-13-21(14-12-20)18-41-31(49)50-32(3,4)5/h6,8-9,11-14,17,19,24-26H,7,10,15-16,18H2,1-5H3,(H,41,49)(H,42,48)(H,43,46)/t24-,25?,26?/m0/s1. The minimum Gasteiger partial charge on any atom is -0.444 e. The third kappa shape index (κ3) is 10.9. The second-order valence-corrected chi connectivity index (χ2v) is 13.7. The van der Waals surface area contributed by atoms with E-state index in [1.165, 1.54) is 26.0 Å². The Hall–Kier alpha value is -4.27. The number of hydrogen-bond acceptors (Lipinski definition) is 6. The molecule has 3 rings (SSSR count). The first-order chi connectivity index (χ1) is 23.1. The van der Waals surface area contributed by atoms with Gasteiger partial charge in [0.25, 0.3) is 11.7 Å². The van der Waals surface area contributed by atoms with Crippen LogP contribution in [0, 0.1) is 5.92 Å². The average Bonchev–Trinajstić information content (AvgIpc) is 3.51. The fourth-order valence-electron chi connectivity index (χ4n) is 5.25.